The number of nitrogens with one attached hydrogen (secondary N) is 1. The number of carbonyl (C=O) groups excluding carboxylic acids is 1. The van der Waals surface area contributed by atoms with Crippen LogP contribution in [0.4, 0.5) is 23.7 Å². The predicted octanol–water partition coefficient (Wildman–Crippen LogP) is 4.10. The van der Waals surface area contributed by atoms with Gasteiger partial charge >= 0.3 is 12.3 Å². The third-order valence-electron chi connectivity index (χ3n) is 1.81. The van der Waals surface area contributed by atoms with Crippen LogP contribution >= 0.6 is 11.6 Å². The smallest absolute Gasteiger partial charge is 0.419 e. The normalized spacial score (nSPS) is 12.2. The second kappa shape index (κ2) is 5.24. The summed E-state index contributed by atoms with van der Waals surface area (Å²) in [6.07, 6.45) is -5.10. The number of carbonyl (C=O) groups is 1. The molecule has 0 saturated carbocycles. The van der Waals surface area contributed by atoms with Crippen molar-refractivity contribution in [3.8, 4) is 0 Å². The van der Waals surface area contributed by atoms with Crippen molar-refractivity contribution in [2.45, 2.75) is 32.5 Å². The minimum Gasteiger partial charge on any atom is -0.444 e. The third-order valence-corrected chi connectivity index (χ3v) is 2.02. The molecule has 0 radical (unpaired) electrons. The zero-order valence-electron chi connectivity index (χ0n) is 10.4. The van der Waals surface area contributed by atoms with E-state index in [1.807, 2.05) is 5.32 Å². The fourth-order valence-corrected chi connectivity index (χ4v) is 1.33. The van der Waals surface area contributed by atoms with Crippen LogP contribution in [0, 0.1) is 0 Å². The summed E-state index contributed by atoms with van der Waals surface area (Å²) in [7, 11) is 0. The number of hydrogen-bond acceptors (Lipinski definition) is 3. The summed E-state index contributed by atoms with van der Waals surface area (Å²) in [6, 6.07) is 0.911. The number of anilines is 1. The first-order valence-corrected chi connectivity index (χ1v) is 5.59. The Morgan fingerprint density at radius 2 is 1.95 bits per heavy atom. The molecule has 0 aliphatic carbocycles. The molecule has 0 aliphatic heterocycles. The van der Waals surface area contributed by atoms with Crippen molar-refractivity contribution < 1.29 is 22.7 Å². The first-order chi connectivity index (χ1) is 8.49. The van der Waals surface area contributed by atoms with Crippen molar-refractivity contribution in [2.75, 3.05) is 5.32 Å². The highest BCUT2D eigenvalue weighted by Gasteiger charge is 2.35. The summed E-state index contributed by atoms with van der Waals surface area (Å²) < 4.78 is 42.9. The number of rotatable bonds is 1. The summed E-state index contributed by atoms with van der Waals surface area (Å²) in [4.78, 5) is 14.8. The Morgan fingerprint density at radius 3 is 2.42 bits per heavy atom. The van der Waals surface area contributed by atoms with E-state index in [0.717, 1.165) is 6.07 Å². The molecule has 0 aromatic carbocycles. The van der Waals surface area contributed by atoms with E-state index >= 15 is 0 Å². The number of aromatic nitrogens is 1. The van der Waals surface area contributed by atoms with Crippen molar-refractivity contribution in [3.63, 3.8) is 0 Å². The highest BCUT2D eigenvalue weighted by atomic mass is 35.5. The van der Waals surface area contributed by atoms with Gasteiger partial charge in [-0.05, 0) is 26.8 Å². The Hall–Kier alpha value is -1.50. The number of hydrogen-bond donors (Lipinski definition) is 1. The van der Waals surface area contributed by atoms with E-state index in [4.69, 9.17) is 16.3 Å². The van der Waals surface area contributed by atoms with Gasteiger partial charge in [0.05, 0.1) is 11.3 Å². The van der Waals surface area contributed by atoms with E-state index in [-0.39, 0.29) is 5.15 Å². The Morgan fingerprint density at radius 1 is 1.37 bits per heavy atom. The molecular weight excluding hydrogens is 285 g/mol. The Bertz CT molecular complexity index is 484. The van der Waals surface area contributed by atoms with Crippen molar-refractivity contribution in [2.24, 2.45) is 0 Å². The van der Waals surface area contributed by atoms with Crippen LogP contribution in [0.5, 0.6) is 0 Å². The maximum absolute atomic E-state index is 12.7. The van der Waals surface area contributed by atoms with Gasteiger partial charge in [0.1, 0.15) is 10.8 Å². The minimum atomic E-state index is -4.65. The zero-order chi connectivity index (χ0) is 14.8. The van der Waals surface area contributed by atoms with Gasteiger partial charge in [0.2, 0.25) is 0 Å². The first-order valence-electron chi connectivity index (χ1n) is 5.22. The molecule has 1 rings (SSSR count). The quantitative estimate of drug-likeness (QED) is 0.794. The molecule has 1 N–H and O–H groups in total. The van der Waals surface area contributed by atoms with Gasteiger partial charge in [0.25, 0.3) is 0 Å². The standard InChI is InChI=1S/C11H12ClF3N2O2/c1-10(2,3)19-9(18)17-7-4-8(12)16-5-6(7)11(13,14)15/h4-5H,1-3H3,(H,16,17,18). The largest absolute Gasteiger partial charge is 0.444 e. The lowest BCUT2D eigenvalue weighted by Gasteiger charge is -2.20. The molecule has 0 atom stereocenters. The van der Waals surface area contributed by atoms with E-state index in [1.54, 1.807) is 20.8 Å². The van der Waals surface area contributed by atoms with Gasteiger partial charge in [-0.3, -0.25) is 5.32 Å². The Balaban J connectivity index is 3.00. The van der Waals surface area contributed by atoms with Crippen molar-refractivity contribution in [1.82, 2.24) is 4.98 Å². The molecule has 0 saturated heterocycles. The molecule has 1 aromatic rings. The fraction of sp³-hybridized carbons (Fsp3) is 0.455. The number of nitrogens with zero attached hydrogens (tertiary/aromatic N) is 1. The van der Waals surface area contributed by atoms with Crippen molar-refractivity contribution in [1.29, 1.82) is 0 Å². The van der Waals surface area contributed by atoms with E-state index in [2.05, 4.69) is 4.98 Å². The summed E-state index contributed by atoms with van der Waals surface area (Å²) in [5, 5.41) is 1.84. The average Bonchev–Trinajstić information content (AvgIpc) is 2.11. The van der Waals surface area contributed by atoms with Gasteiger partial charge < -0.3 is 4.74 Å². The number of ether oxygens (including phenoxy) is 1. The maximum atomic E-state index is 12.7. The molecule has 0 aliphatic rings. The van der Waals surface area contributed by atoms with Gasteiger partial charge in [-0.2, -0.15) is 13.2 Å². The Labute approximate surface area is 112 Å². The monoisotopic (exact) mass is 296 g/mol. The Kier molecular flexibility index (Phi) is 4.29. The number of amides is 1. The molecule has 1 heterocycles. The van der Waals surface area contributed by atoms with E-state index < -0.39 is 29.1 Å². The topological polar surface area (TPSA) is 51.2 Å². The van der Waals surface area contributed by atoms with E-state index in [0.29, 0.717) is 6.20 Å². The van der Waals surface area contributed by atoms with E-state index in [1.165, 1.54) is 0 Å². The fourth-order valence-electron chi connectivity index (χ4n) is 1.17. The molecule has 106 valence electrons. The zero-order valence-corrected chi connectivity index (χ0v) is 11.2. The second-order valence-electron chi connectivity index (χ2n) is 4.68. The van der Waals surface area contributed by atoms with E-state index in [9.17, 15) is 18.0 Å². The summed E-state index contributed by atoms with van der Waals surface area (Å²) in [5.41, 5.74) is -2.41. The van der Waals surface area contributed by atoms with Gasteiger partial charge in [-0.15, -0.1) is 0 Å². The SMILES string of the molecule is CC(C)(C)OC(=O)Nc1cc(Cl)ncc1C(F)(F)F. The lowest BCUT2D eigenvalue weighted by atomic mass is 10.2. The highest BCUT2D eigenvalue weighted by Crippen LogP contribution is 2.35. The maximum Gasteiger partial charge on any atom is 0.419 e. The van der Waals surface area contributed by atoms with Crippen molar-refractivity contribution in [3.05, 3.63) is 23.0 Å². The van der Waals surface area contributed by atoms with Crippen LogP contribution in [0.15, 0.2) is 12.3 Å². The molecule has 0 unspecified atom stereocenters. The highest BCUT2D eigenvalue weighted by molar-refractivity contribution is 6.29. The molecule has 0 fully saturated rings. The number of pyridine rings is 1. The van der Waals surface area contributed by atoms with Crippen LogP contribution in [0.1, 0.15) is 26.3 Å². The van der Waals surface area contributed by atoms with Gasteiger partial charge in [-0.1, -0.05) is 11.6 Å². The van der Waals surface area contributed by atoms with Crippen LogP contribution in [0.3, 0.4) is 0 Å². The molecule has 19 heavy (non-hydrogen) atoms. The average molecular weight is 297 g/mol. The molecule has 1 aromatic heterocycles. The lowest BCUT2D eigenvalue weighted by Crippen LogP contribution is -2.28. The molecule has 1 amide bonds. The second-order valence-corrected chi connectivity index (χ2v) is 5.06. The van der Waals surface area contributed by atoms with Gasteiger partial charge in [0.15, 0.2) is 0 Å². The summed E-state index contributed by atoms with van der Waals surface area (Å²) in [6.45, 7) is 4.78. The molecule has 0 bridgehead atoms. The number of alkyl halides is 3. The van der Waals surface area contributed by atoms with Crippen LogP contribution in [-0.2, 0) is 10.9 Å². The molecular formula is C11H12ClF3N2O2. The molecule has 0 spiro atoms. The van der Waals surface area contributed by atoms with Crippen LogP contribution < -0.4 is 5.32 Å². The van der Waals surface area contributed by atoms with Gasteiger partial charge in [-0.25, -0.2) is 9.78 Å². The predicted molar refractivity (Wildman–Crippen MR) is 64.1 cm³/mol. The summed E-state index contributed by atoms with van der Waals surface area (Å²) >= 11 is 5.51. The van der Waals surface area contributed by atoms with Crippen LogP contribution in [-0.4, -0.2) is 16.7 Å². The molecule has 4 nitrogen and oxygen atoms in total. The van der Waals surface area contributed by atoms with Crippen molar-refractivity contribution >= 4 is 23.4 Å². The first kappa shape index (κ1) is 15.6. The van der Waals surface area contributed by atoms with Crippen LogP contribution in [0.25, 0.3) is 0 Å². The summed E-state index contributed by atoms with van der Waals surface area (Å²) in [5.74, 6) is 0. The van der Waals surface area contributed by atoms with Crippen LogP contribution in [0.2, 0.25) is 5.15 Å². The molecule has 8 heteroatoms. The minimum absolute atomic E-state index is 0.168. The third kappa shape index (κ3) is 4.94. The number of halogens is 4. The van der Waals surface area contributed by atoms with Gasteiger partial charge in [0, 0.05) is 6.20 Å². The lowest BCUT2D eigenvalue weighted by molar-refractivity contribution is -0.137.